The lowest BCUT2D eigenvalue weighted by atomic mass is 9.78. The van der Waals surface area contributed by atoms with Gasteiger partial charge in [0.1, 0.15) is 0 Å². The summed E-state index contributed by atoms with van der Waals surface area (Å²) in [4.78, 5) is 25.9. The molecule has 1 aromatic heterocycles. The molecule has 1 N–H and O–H groups in total. The van der Waals surface area contributed by atoms with Gasteiger partial charge in [0.25, 0.3) is 6.47 Å². The van der Waals surface area contributed by atoms with Crippen LogP contribution in [0.15, 0.2) is 12.4 Å². The number of amides is 1. The zero-order valence-corrected chi connectivity index (χ0v) is 19.7. The highest BCUT2D eigenvalue weighted by molar-refractivity contribution is 5.77. The zero-order chi connectivity index (χ0) is 23.3. The maximum Gasteiger partial charge on any atom is 0.290 e. The number of aryl methyl sites for hydroxylation is 1. The Morgan fingerprint density at radius 3 is 2.76 bits per heavy atom. The van der Waals surface area contributed by atoms with E-state index in [0.717, 1.165) is 78.4 Å². The minimum atomic E-state index is -0.250. The summed E-state index contributed by atoms with van der Waals surface area (Å²) in [7, 11) is 0. The number of rotatable bonds is 5. The third-order valence-electron chi connectivity index (χ3n) is 8.03. The molecule has 4 aliphatic heterocycles. The van der Waals surface area contributed by atoms with Crippen LogP contribution in [0.5, 0.6) is 0 Å². The quantitative estimate of drug-likeness (QED) is 0.667. The second-order valence-corrected chi connectivity index (χ2v) is 10.0. The molecule has 184 valence electrons. The van der Waals surface area contributed by atoms with E-state index in [2.05, 4.69) is 28.0 Å². The Morgan fingerprint density at radius 2 is 2.09 bits per heavy atom. The molecular weight excluding hydrogens is 424 g/mol. The van der Waals surface area contributed by atoms with Gasteiger partial charge in [-0.15, -0.1) is 0 Å². The molecule has 0 radical (unpaired) electrons. The lowest BCUT2D eigenvalue weighted by molar-refractivity contribution is -0.136. The van der Waals surface area contributed by atoms with Crippen molar-refractivity contribution in [3.05, 3.63) is 18.0 Å². The molecule has 4 saturated heterocycles. The van der Waals surface area contributed by atoms with Crippen LogP contribution >= 0.6 is 0 Å². The molecule has 5 rings (SSSR count). The van der Waals surface area contributed by atoms with Gasteiger partial charge in [0.15, 0.2) is 0 Å². The molecule has 0 unspecified atom stereocenters. The molecule has 5 heterocycles. The van der Waals surface area contributed by atoms with Crippen molar-refractivity contribution in [3.8, 4) is 0 Å². The summed E-state index contributed by atoms with van der Waals surface area (Å²) in [5, 5.41) is 11.3. The van der Waals surface area contributed by atoms with Gasteiger partial charge >= 0.3 is 0 Å². The third-order valence-corrected chi connectivity index (χ3v) is 8.03. The molecule has 4 aliphatic rings. The number of ether oxygens (including phenoxy) is 2. The molecule has 9 nitrogen and oxygen atoms in total. The number of hydrogen-bond donors (Lipinski definition) is 1. The fraction of sp³-hybridized carbons (Fsp3) is 0.792. The number of carboxylic acid groups (broad SMARTS) is 1. The van der Waals surface area contributed by atoms with E-state index in [0.29, 0.717) is 29.6 Å². The number of carbonyl (C=O) groups excluding carboxylic acids is 1. The molecule has 1 amide bonds. The van der Waals surface area contributed by atoms with Crippen molar-refractivity contribution in [2.75, 3.05) is 46.0 Å². The molecule has 1 aromatic rings. The molecule has 1 spiro atoms. The highest BCUT2D eigenvalue weighted by atomic mass is 16.5. The number of aromatic nitrogens is 2. The second-order valence-electron chi connectivity index (χ2n) is 10.0. The van der Waals surface area contributed by atoms with Crippen LogP contribution in [-0.2, 0) is 32.2 Å². The average Bonchev–Trinajstić information content (AvgIpc) is 3.56. The summed E-state index contributed by atoms with van der Waals surface area (Å²) in [6, 6.07) is 0. The first-order valence-electron chi connectivity index (χ1n) is 12.3. The van der Waals surface area contributed by atoms with E-state index in [1.54, 1.807) is 0 Å². The van der Waals surface area contributed by atoms with Crippen molar-refractivity contribution < 1.29 is 24.2 Å². The van der Waals surface area contributed by atoms with Crippen LogP contribution in [0.4, 0.5) is 0 Å². The van der Waals surface area contributed by atoms with E-state index in [9.17, 15) is 4.79 Å². The van der Waals surface area contributed by atoms with Crippen molar-refractivity contribution in [2.24, 2.45) is 17.3 Å². The van der Waals surface area contributed by atoms with Gasteiger partial charge in [-0.1, -0.05) is 0 Å². The van der Waals surface area contributed by atoms with E-state index in [4.69, 9.17) is 19.4 Å². The number of carbonyl (C=O) groups is 2. The Bertz CT molecular complexity index is 784. The standard InChI is InChI=1S/C23H36N4O3.CH2O2/c1-2-27-14-18(12-24-27)13-25-7-3-20-19(15-25)16-30-21(20)11-22(28)26-8-4-23(5-9-26)6-10-29-17-23;2-1-3/h12,14,19-21H,2-11,13,15-17H2,1H3;1H,(H,2,3)/t19-,20-,21+;/m1./s1. The summed E-state index contributed by atoms with van der Waals surface area (Å²) in [5.74, 6) is 1.38. The Balaban J connectivity index is 0.000000821. The topological polar surface area (TPSA) is 97.1 Å². The van der Waals surface area contributed by atoms with Crippen LogP contribution in [0.25, 0.3) is 0 Å². The van der Waals surface area contributed by atoms with Gasteiger partial charge in [0.05, 0.1) is 31.9 Å². The first-order valence-corrected chi connectivity index (χ1v) is 12.3. The lowest BCUT2D eigenvalue weighted by Crippen LogP contribution is -2.45. The van der Waals surface area contributed by atoms with Crippen LogP contribution in [0.2, 0.25) is 0 Å². The number of hydrogen-bond acceptors (Lipinski definition) is 6. The largest absolute Gasteiger partial charge is 0.483 e. The van der Waals surface area contributed by atoms with Crippen molar-refractivity contribution in [1.29, 1.82) is 0 Å². The molecule has 4 fully saturated rings. The van der Waals surface area contributed by atoms with Gasteiger partial charge in [-0.3, -0.25) is 19.2 Å². The molecule has 33 heavy (non-hydrogen) atoms. The number of fused-ring (bicyclic) bond motifs is 1. The normalized spacial score (nSPS) is 28.9. The Kier molecular flexibility index (Phi) is 8.03. The van der Waals surface area contributed by atoms with Crippen molar-refractivity contribution >= 4 is 12.4 Å². The van der Waals surface area contributed by atoms with Gasteiger partial charge < -0.3 is 19.5 Å². The maximum atomic E-state index is 13.0. The smallest absolute Gasteiger partial charge is 0.290 e. The monoisotopic (exact) mass is 462 g/mol. The molecular formula is C24H38N4O5. The third kappa shape index (κ3) is 5.75. The summed E-state index contributed by atoms with van der Waals surface area (Å²) < 4.78 is 13.8. The summed E-state index contributed by atoms with van der Waals surface area (Å²) in [6.07, 6.45) is 9.30. The predicted octanol–water partition coefficient (Wildman–Crippen LogP) is 1.86. The Morgan fingerprint density at radius 1 is 1.30 bits per heavy atom. The average molecular weight is 463 g/mol. The van der Waals surface area contributed by atoms with Gasteiger partial charge in [-0.05, 0) is 50.5 Å². The first kappa shape index (κ1) is 24.2. The van der Waals surface area contributed by atoms with Gasteiger partial charge in [-0.2, -0.15) is 5.10 Å². The van der Waals surface area contributed by atoms with Crippen LogP contribution in [-0.4, -0.2) is 89.2 Å². The zero-order valence-electron chi connectivity index (χ0n) is 19.7. The summed E-state index contributed by atoms with van der Waals surface area (Å²) >= 11 is 0. The van der Waals surface area contributed by atoms with E-state index in [1.807, 2.05) is 10.9 Å². The Labute approximate surface area is 196 Å². The molecule has 0 aromatic carbocycles. The number of likely N-dealkylation sites (tertiary alicyclic amines) is 2. The Hall–Kier alpha value is -1.97. The fourth-order valence-corrected chi connectivity index (χ4v) is 6.01. The van der Waals surface area contributed by atoms with Crippen LogP contribution < -0.4 is 0 Å². The van der Waals surface area contributed by atoms with Crippen LogP contribution in [0, 0.1) is 17.3 Å². The molecule has 0 aliphatic carbocycles. The van der Waals surface area contributed by atoms with E-state index in [-0.39, 0.29) is 12.6 Å². The molecule has 0 bridgehead atoms. The lowest BCUT2D eigenvalue weighted by Gasteiger charge is -2.39. The fourth-order valence-electron chi connectivity index (χ4n) is 6.01. The van der Waals surface area contributed by atoms with E-state index in [1.165, 1.54) is 12.0 Å². The minimum absolute atomic E-state index is 0.109. The first-order chi connectivity index (χ1) is 16.1. The predicted molar refractivity (Wildman–Crippen MR) is 122 cm³/mol. The summed E-state index contributed by atoms with van der Waals surface area (Å²) in [5.41, 5.74) is 1.64. The highest BCUT2D eigenvalue weighted by Gasteiger charge is 2.43. The molecule has 3 atom stereocenters. The van der Waals surface area contributed by atoms with Crippen LogP contribution in [0.3, 0.4) is 0 Å². The molecule has 9 heteroatoms. The van der Waals surface area contributed by atoms with Gasteiger partial charge in [0.2, 0.25) is 5.91 Å². The minimum Gasteiger partial charge on any atom is -0.483 e. The van der Waals surface area contributed by atoms with Crippen LogP contribution in [0.1, 0.15) is 44.6 Å². The number of piperidine rings is 2. The number of nitrogens with zero attached hydrogens (tertiary/aromatic N) is 4. The van der Waals surface area contributed by atoms with Crippen molar-refractivity contribution in [1.82, 2.24) is 19.6 Å². The molecule has 0 saturated carbocycles. The SMILES string of the molecule is CCn1cc(CN2CC[C@@H]3[C@@H](CO[C@H]3CC(=O)N3CCC4(CCOC4)CC3)C2)cn1.O=CO. The summed E-state index contributed by atoms with van der Waals surface area (Å²) in [6.45, 7) is 10.3. The maximum absolute atomic E-state index is 13.0. The van der Waals surface area contributed by atoms with Gasteiger partial charge in [-0.25, -0.2) is 0 Å². The van der Waals surface area contributed by atoms with Crippen molar-refractivity contribution in [3.63, 3.8) is 0 Å². The van der Waals surface area contributed by atoms with E-state index >= 15 is 0 Å². The highest BCUT2D eigenvalue weighted by Crippen LogP contribution is 2.40. The van der Waals surface area contributed by atoms with E-state index < -0.39 is 0 Å². The second kappa shape index (κ2) is 11.0. The van der Waals surface area contributed by atoms with Gasteiger partial charge in [0, 0.05) is 57.0 Å². The van der Waals surface area contributed by atoms with Crippen molar-refractivity contribution in [2.45, 2.75) is 58.2 Å².